The molecule has 4 rings (SSSR count). The van der Waals surface area contributed by atoms with Crippen LogP contribution in [0.2, 0.25) is 0 Å². The first kappa shape index (κ1) is 20.4. The quantitative estimate of drug-likeness (QED) is 0.657. The molecule has 1 saturated heterocycles. The fourth-order valence-corrected chi connectivity index (χ4v) is 4.92. The maximum absolute atomic E-state index is 13.3. The van der Waals surface area contributed by atoms with Crippen LogP contribution in [-0.2, 0) is 26.3 Å². The topological polar surface area (TPSA) is 113 Å². The smallest absolute Gasteiger partial charge is 0.325 e. The first-order chi connectivity index (χ1) is 14.3. The molecular weight excluding hydrogens is 384 g/mol. The molecule has 1 aromatic carbocycles. The monoisotopic (exact) mass is 412 g/mol. The van der Waals surface area contributed by atoms with Crippen LogP contribution in [0.15, 0.2) is 24.3 Å². The van der Waals surface area contributed by atoms with Crippen molar-refractivity contribution in [1.29, 1.82) is 0 Å². The molecule has 3 N–H and O–H groups in total. The number of amides is 5. The van der Waals surface area contributed by atoms with Crippen LogP contribution in [0.4, 0.5) is 4.79 Å². The second-order valence-electron chi connectivity index (χ2n) is 8.62. The summed E-state index contributed by atoms with van der Waals surface area (Å²) in [5.41, 5.74) is 6.07. The zero-order valence-electron chi connectivity index (χ0n) is 17.2. The zero-order chi connectivity index (χ0) is 21.5. The standard InChI is InChI=1S/C22H28N4O4/c1-14(15-6-4-7-15)25(12-10-18(23)27)19(28)13-26-20(29)22(24-21(26)30)11-9-16-5-2-3-8-17(16)22/h2-3,5,8,14-15H,4,6-7,9-13H2,1H3,(H2,23,27)(H,24,30)/t14-,22+/m0/s1. The molecule has 1 aliphatic heterocycles. The predicted octanol–water partition coefficient (Wildman–Crippen LogP) is 1.27. The molecule has 0 aromatic heterocycles. The summed E-state index contributed by atoms with van der Waals surface area (Å²) in [4.78, 5) is 53.1. The van der Waals surface area contributed by atoms with Gasteiger partial charge in [-0.3, -0.25) is 19.3 Å². The number of rotatable bonds is 7. The van der Waals surface area contributed by atoms with Gasteiger partial charge in [-0.25, -0.2) is 4.79 Å². The molecule has 2 aliphatic carbocycles. The van der Waals surface area contributed by atoms with Crippen molar-refractivity contribution in [2.45, 2.75) is 57.0 Å². The van der Waals surface area contributed by atoms with Crippen molar-refractivity contribution in [3.05, 3.63) is 35.4 Å². The Morgan fingerprint density at radius 1 is 1.30 bits per heavy atom. The Bertz CT molecular complexity index is 897. The molecule has 0 bridgehead atoms. The molecule has 2 fully saturated rings. The number of hydrogen-bond donors (Lipinski definition) is 2. The fourth-order valence-electron chi connectivity index (χ4n) is 4.92. The SMILES string of the molecule is C[C@@H](C1CCC1)N(CCC(N)=O)C(=O)CN1C(=O)N[C@@]2(CCc3ccccc32)C1=O. The Morgan fingerprint density at radius 2 is 2.03 bits per heavy atom. The van der Waals surface area contributed by atoms with Crippen LogP contribution in [0.25, 0.3) is 0 Å². The van der Waals surface area contributed by atoms with Gasteiger partial charge in [0.15, 0.2) is 0 Å². The summed E-state index contributed by atoms with van der Waals surface area (Å²) in [5, 5.41) is 2.85. The minimum atomic E-state index is -1.08. The molecule has 5 amide bonds. The molecule has 3 aliphatic rings. The van der Waals surface area contributed by atoms with Crippen LogP contribution in [0.3, 0.4) is 0 Å². The van der Waals surface area contributed by atoms with E-state index in [9.17, 15) is 19.2 Å². The number of fused-ring (bicyclic) bond motifs is 2. The number of benzene rings is 1. The lowest BCUT2D eigenvalue weighted by molar-refractivity contribution is -0.141. The Hall–Kier alpha value is -2.90. The molecule has 1 saturated carbocycles. The van der Waals surface area contributed by atoms with E-state index >= 15 is 0 Å². The van der Waals surface area contributed by atoms with Gasteiger partial charge in [0, 0.05) is 19.0 Å². The van der Waals surface area contributed by atoms with E-state index in [2.05, 4.69) is 5.32 Å². The van der Waals surface area contributed by atoms with Crippen LogP contribution < -0.4 is 11.1 Å². The van der Waals surface area contributed by atoms with Gasteiger partial charge in [0.05, 0.1) is 0 Å². The molecule has 8 heteroatoms. The second-order valence-corrected chi connectivity index (χ2v) is 8.62. The first-order valence-corrected chi connectivity index (χ1v) is 10.6. The maximum Gasteiger partial charge on any atom is 0.325 e. The van der Waals surface area contributed by atoms with Crippen LogP contribution in [-0.4, -0.2) is 52.7 Å². The molecule has 1 spiro atoms. The number of urea groups is 1. The summed E-state index contributed by atoms with van der Waals surface area (Å²) in [6.07, 6.45) is 4.44. The second kappa shape index (κ2) is 7.74. The molecule has 30 heavy (non-hydrogen) atoms. The van der Waals surface area contributed by atoms with E-state index in [0.717, 1.165) is 35.3 Å². The van der Waals surface area contributed by atoms with Gasteiger partial charge in [-0.15, -0.1) is 0 Å². The van der Waals surface area contributed by atoms with Crippen molar-refractivity contribution in [3.8, 4) is 0 Å². The number of nitrogens with one attached hydrogen (secondary N) is 1. The van der Waals surface area contributed by atoms with Gasteiger partial charge in [-0.1, -0.05) is 30.7 Å². The third-order valence-corrected chi connectivity index (χ3v) is 6.96. The van der Waals surface area contributed by atoms with E-state index in [1.807, 2.05) is 31.2 Å². The number of primary amides is 1. The zero-order valence-corrected chi connectivity index (χ0v) is 17.2. The number of nitrogens with zero attached hydrogens (tertiary/aromatic N) is 2. The lowest BCUT2D eigenvalue weighted by Gasteiger charge is -2.39. The van der Waals surface area contributed by atoms with Crippen LogP contribution >= 0.6 is 0 Å². The summed E-state index contributed by atoms with van der Waals surface area (Å²) in [6, 6.07) is 6.99. The number of hydrogen-bond acceptors (Lipinski definition) is 4. The van der Waals surface area contributed by atoms with Gasteiger partial charge >= 0.3 is 6.03 Å². The van der Waals surface area contributed by atoms with Gasteiger partial charge in [0.1, 0.15) is 12.1 Å². The summed E-state index contributed by atoms with van der Waals surface area (Å²) >= 11 is 0. The molecule has 160 valence electrons. The number of carbonyl (C=O) groups excluding carboxylic acids is 4. The molecule has 1 heterocycles. The highest BCUT2D eigenvalue weighted by Crippen LogP contribution is 2.41. The Morgan fingerprint density at radius 3 is 2.70 bits per heavy atom. The van der Waals surface area contributed by atoms with E-state index in [1.165, 1.54) is 0 Å². The minimum Gasteiger partial charge on any atom is -0.370 e. The number of imide groups is 1. The van der Waals surface area contributed by atoms with Gasteiger partial charge < -0.3 is 16.0 Å². The number of carbonyl (C=O) groups is 4. The summed E-state index contributed by atoms with van der Waals surface area (Å²) in [6.45, 7) is 1.83. The van der Waals surface area contributed by atoms with E-state index in [-0.39, 0.29) is 37.4 Å². The average molecular weight is 412 g/mol. The largest absolute Gasteiger partial charge is 0.370 e. The molecule has 0 unspecified atom stereocenters. The van der Waals surface area contributed by atoms with Crippen molar-refractivity contribution >= 4 is 23.8 Å². The summed E-state index contributed by atoms with van der Waals surface area (Å²) in [5.74, 6) is -0.817. The van der Waals surface area contributed by atoms with Crippen molar-refractivity contribution in [1.82, 2.24) is 15.1 Å². The highest BCUT2D eigenvalue weighted by molar-refractivity contribution is 6.10. The van der Waals surface area contributed by atoms with Crippen molar-refractivity contribution in [3.63, 3.8) is 0 Å². The Balaban J connectivity index is 1.52. The van der Waals surface area contributed by atoms with Gasteiger partial charge in [-0.05, 0) is 49.7 Å². The number of aryl methyl sites for hydroxylation is 1. The highest BCUT2D eigenvalue weighted by Gasteiger charge is 2.55. The van der Waals surface area contributed by atoms with E-state index in [0.29, 0.717) is 18.8 Å². The lowest BCUT2D eigenvalue weighted by atomic mass is 9.79. The van der Waals surface area contributed by atoms with E-state index < -0.39 is 17.5 Å². The van der Waals surface area contributed by atoms with Crippen molar-refractivity contribution in [2.24, 2.45) is 11.7 Å². The van der Waals surface area contributed by atoms with Crippen molar-refractivity contribution in [2.75, 3.05) is 13.1 Å². The molecule has 2 atom stereocenters. The van der Waals surface area contributed by atoms with Crippen molar-refractivity contribution < 1.29 is 19.2 Å². The van der Waals surface area contributed by atoms with E-state index in [1.54, 1.807) is 4.90 Å². The third-order valence-electron chi connectivity index (χ3n) is 6.96. The number of nitrogens with two attached hydrogens (primary N) is 1. The third kappa shape index (κ3) is 3.34. The first-order valence-electron chi connectivity index (χ1n) is 10.6. The average Bonchev–Trinajstić information content (AvgIpc) is 3.14. The maximum atomic E-state index is 13.3. The molecular formula is C22H28N4O4. The van der Waals surface area contributed by atoms with Crippen LogP contribution in [0.1, 0.15) is 50.2 Å². The van der Waals surface area contributed by atoms with Gasteiger partial charge in [0.25, 0.3) is 5.91 Å². The molecule has 8 nitrogen and oxygen atoms in total. The van der Waals surface area contributed by atoms with Crippen LogP contribution in [0.5, 0.6) is 0 Å². The van der Waals surface area contributed by atoms with Gasteiger partial charge in [0.2, 0.25) is 11.8 Å². The van der Waals surface area contributed by atoms with Crippen LogP contribution in [0, 0.1) is 5.92 Å². The van der Waals surface area contributed by atoms with Gasteiger partial charge in [-0.2, -0.15) is 0 Å². The Kier molecular flexibility index (Phi) is 5.26. The minimum absolute atomic E-state index is 0.0558. The highest BCUT2D eigenvalue weighted by atomic mass is 16.2. The molecule has 0 radical (unpaired) electrons. The summed E-state index contributed by atoms with van der Waals surface area (Å²) < 4.78 is 0. The fraction of sp³-hybridized carbons (Fsp3) is 0.545. The van der Waals surface area contributed by atoms with E-state index in [4.69, 9.17) is 5.73 Å². The molecule has 1 aromatic rings. The lowest BCUT2D eigenvalue weighted by Crippen LogP contribution is -2.50. The predicted molar refractivity (Wildman–Crippen MR) is 109 cm³/mol. The normalized spacial score (nSPS) is 23.8. The summed E-state index contributed by atoms with van der Waals surface area (Å²) in [7, 11) is 0. The Labute approximate surface area is 175 Å².